The molecule has 86 valence electrons. The van der Waals surface area contributed by atoms with E-state index in [4.69, 9.17) is 14.6 Å². The summed E-state index contributed by atoms with van der Waals surface area (Å²) in [5, 5.41) is 8.53. The second-order valence-corrected chi connectivity index (χ2v) is 3.36. The minimum Gasteiger partial charge on any atom is -0.396 e. The SMILES string of the molecule is CCCOCCCOCCCCCO. The third-order valence-electron chi connectivity index (χ3n) is 1.87. The van der Waals surface area contributed by atoms with E-state index >= 15 is 0 Å². The first-order valence-electron chi connectivity index (χ1n) is 5.68. The van der Waals surface area contributed by atoms with Gasteiger partial charge >= 0.3 is 0 Å². The van der Waals surface area contributed by atoms with E-state index < -0.39 is 0 Å². The molecule has 0 aliphatic heterocycles. The summed E-state index contributed by atoms with van der Waals surface area (Å²) in [7, 11) is 0. The second kappa shape index (κ2) is 12.9. The van der Waals surface area contributed by atoms with Crippen molar-refractivity contribution in [2.45, 2.75) is 39.0 Å². The number of ether oxygens (including phenoxy) is 2. The summed E-state index contributed by atoms with van der Waals surface area (Å²) in [4.78, 5) is 0. The van der Waals surface area contributed by atoms with Crippen molar-refractivity contribution in [1.29, 1.82) is 0 Å². The summed E-state index contributed by atoms with van der Waals surface area (Å²) in [5.74, 6) is 0. The fraction of sp³-hybridized carbons (Fsp3) is 1.00. The predicted octanol–water partition coefficient (Wildman–Crippen LogP) is 1.98. The van der Waals surface area contributed by atoms with Crippen molar-refractivity contribution in [3.05, 3.63) is 0 Å². The van der Waals surface area contributed by atoms with Crippen LogP contribution in [0, 0.1) is 0 Å². The van der Waals surface area contributed by atoms with Crippen LogP contribution in [0.25, 0.3) is 0 Å². The molecule has 0 aliphatic rings. The summed E-state index contributed by atoms with van der Waals surface area (Å²) in [6.45, 7) is 5.68. The standard InChI is InChI=1S/C11H24O3/c1-2-8-13-10-6-11-14-9-5-3-4-7-12/h12H,2-11H2,1H3. The summed E-state index contributed by atoms with van der Waals surface area (Å²) >= 11 is 0. The Kier molecular flexibility index (Phi) is 12.8. The largest absolute Gasteiger partial charge is 0.396 e. The predicted molar refractivity (Wildman–Crippen MR) is 57.5 cm³/mol. The Balaban J connectivity index is 2.78. The Morgan fingerprint density at radius 3 is 2.07 bits per heavy atom. The Morgan fingerprint density at radius 1 is 0.786 bits per heavy atom. The van der Waals surface area contributed by atoms with E-state index in [0.29, 0.717) is 6.61 Å². The topological polar surface area (TPSA) is 38.7 Å². The van der Waals surface area contributed by atoms with Crippen LogP contribution >= 0.6 is 0 Å². The maximum Gasteiger partial charge on any atom is 0.0487 e. The monoisotopic (exact) mass is 204 g/mol. The first-order chi connectivity index (χ1) is 6.91. The van der Waals surface area contributed by atoms with Crippen LogP contribution in [0.15, 0.2) is 0 Å². The van der Waals surface area contributed by atoms with E-state index in [1.165, 1.54) is 0 Å². The fourth-order valence-electron chi connectivity index (χ4n) is 1.10. The average molecular weight is 204 g/mol. The van der Waals surface area contributed by atoms with Gasteiger partial charge < -0.3 is 14.6 Å². The highest BCUT2D eigenvalue weighted by atomic mass is 16.5. The molecule has 3 nitrogen and oxygen atoms in total. The molecule has 0 saturated carbocycles. The van der Waals surface area contributed by atoms with Crippen LogP contribution in [0.2, 0.25) is 0 Å². The summed E-state index contributed by atoms with van der Waals surface area (Å²) in [5.41, 5.74) is 0. The lowest BCUT2D eigenvalue weighted by Gasteiger charge is -2.04. The van der Waals surface area contributed by atoms with Crippen molar-refractivity contribution in [3.8, 4) is 0 Å². The third kappa shape index (κ3) is 11.9. The van der Waals surface area contributed by atoms with Crippen molar-refractivity contribution in [1.82, 2.24) is 0 Å². The van der Waals surface area contributed by atoms with Gasteiger partial charge in [0.2, 0.25) is 0 Å². The van der Waals surface area contributed by atoms with E-state index in [9.17, 15) is 0 Å². The number of hydrogen-bond donors (Lipinski definition) is 1. The van der Waals surface area contributed by atoms with Crippen LogP contribution in [0.4, 0.5) is 0 Å². The Bertz CT molecular complexity index is 84.5. The lowest BCUT2D eigenvalue weighted by atomic mass is 10.2. The Labute approximate surface area is 87.4 Å². The van der Waals surface area contributed by atoms with Crippen LogP contribution in [0.5, 0.6) is 0 Å². The van der Waals surface area contributed by atoms with Crippen molar-refractivity contribution in [2.75, 3.05) is 33.0 Å². The zero-order valence-corrected chi connectivity index (χ0v) is 9.33. The van der Waals surface area contributed by atoms with Crippen LogP contribution in [-0.2, 0) is 9.47 Å². The minimum atomic E-state index is 0.296. The first-order valence-corrected chi connectivity index (χ1v) is 5.68. The van der Waals surface area contributed by atoms with E-state index in [1.807, 2.05) is 0 Å². The lowest BCUT2D eigenvalue weighted by Crippen LogP contribution is -2.02. The number of unbranched alkanes of at least 4 members (excludes halogenated alkanes) is 2. The zero-order valence-electron chi connectivity index (χ0n) is 9.33. The second-order valence-electron chi connectivity index (χ2n) is 3.36. The molecule has 0 atom stereocenters. The number of rotatable bonds is 11. The van der Waals surface area contributed by atoms with Gasteiger partial charge in [-0.25, -0.2) is 0 Å². The van der Waals surface area contributed by atoms with Gasteiger partial charge in [-0.1, -0.05) is 6.92 Å². The van der Waals surface area contributed by atoms with Gasteiger partial charge in [-0.3, -0.25) is 0 Å². The van der Waals surface area contributed by atoms with E-state index in [-0.39, 0.29) is 0 Å². The van der Waals surface area contributed by atoms with E-state index in [0.717, 1.165) is 58.5 Å². The molecule has 0 aromatic heterocycles. The van der Waals surface area contributed by atoms with Gasteiger partial charge in [0.25, 0.3) is 0 Å². The van der Waals surface area contributed by atoms with Crippen molar-refractivity contribution < 1.29 is 14.6 Å². The Hall–Kier alpha value is -0.120. The van der Waals surface area contributed by atoms with Gasteiger partial charge in [-0.15, -0.1) is 0 Å². The molecule has 0 bridgehead atoms. The maximum atomic E-state index is 8.53. The molecular weight excluding hydrogens is 180 g/mol. The van der Waals surface area contributed by atoms with Crippen LogP contribution in [-0.4, -0.2) is 38.1 Å². The molecule has 0 spiro atoms. The molecule has 0 saturated heterocycles. The molecule has 0 unspecified atom stereocenters. The van der Waals surface area contributed by atoms with E-state index in [2.05, 4.69) is 6.92 Å². The van der Waals surface area contributed by atoms with Crippen LogP contribution in [0.1, 0.15) is 39.0 Å². The van der Waals surface area contributed by atoms with Crippen molar-refractivity contribution in [2.24, 2.45) is 0 Å². The molecule has 1 N–H and O–H groups in total. The highest BCUT2D eigenvalue weighted by molar-refractivity contribution is 4.40. The number of aliphatic hydroxyl groups is 1. The van der Waals surface area contributed by atoms with Crippen LogP contribution < -0.4 is 0 Å². The van der Waals surface area contributed by atoms with Gasteiger partial charge in [-0.05, 0) is 32.1 Å². The molecule has 0 heterocycles. The molecule has 14 heavy (non-hydrogen) atoms. The van der Waals surface area contributed by atoms with Gasteiger partial charge in [0, 0.05) is 33.0 Å². The molecule has 0 rings (SSSR count). The molecule has 0 aliphatic carbocycles. The summed E-state index contributed by atoms with van der Waals surface area (Å²) in [6.07, 6.45) is 5.07. The van der Waals surface area contributed by atoms with Gasteiger partial charge in [0.1, 0.15) is 0 Å². The first kappa shape index (κ1) is 13.9. The average Bonchev–Trinajstić information content (AvgIpc) is 2.21. The Morgan fingerprint density at radius 2 is 1.43 bits per heavy atom. The van der Waals surface area contributed by atoms with Gasteiger partial charge in [0.05, 0.1) is 0 Å². The molecular formula is C11H24O3. The number of hydrogen-bond acceptors (Lipinski definition) is 3. The summed E-state index contributed by atoms with van der Waals surface area (Å²) < 4.78 is 10.7. The molecule has 0 aromatic rings. The molecule has 0 fully saturated rings. The van der Waals surface area contributed by atoms with Crippen molar-refractivity contribution in [3.63, 3.8) is 0 Å². The molecule has 0 amide bonds. The lowest BCUT2D eigenvalue weighted by molar-refractivity contribution is 0.0809. The van der Waals surface area contributed by atoms with Crippen LogP contribution in [0.3, 0.4) is 0 Å². The highest BCUT2D eigenvalue weighted by Gasteiger charge is 1.91. The quantitative estimate of drug-likeness (QED) is 0.523. The maximum absolute atomic E-state index is 8.53. The van der Waals surface area contributed by atoms with Gasteiger partial charge in [-0.2, -0.15) is 0 Å². The highest BCUT2D eigenvalue weighted by Crippen LogP contribution is 1.95. The minimum absolute atomic E-state index is 0.296. The van der Waals surface area contributed by atoms with Crippen molar-refractivity contribution >= 4 is 0 Å². The zero-order chi connectivity index (χ0) is 10.5. The third-order valence-corrected chi connectivity index (χ3v) is 1.87. The van der Waals surface area contributed by atoms with E-state index in [1.54, 1.807) is 0 Å². The van der Waals surface area contributed by atoms with Gasteiger partial charge in [0.15, 0.2) is 0 Å². The normalized spacial score (nSPS) is 10.7. The molecule has 3 heteroatoms. The smallest absolute Gasteiger partial charge is 0.0487 e. The molecule has 0 aromatic carbocycles. The fourth-order valence-corrected chi connectivity index (χ4v) is 1.10. The molecule has 0 radical (unpaired) electrons. The number of aliphatic hydroxyl groups excluding tert-OH is 1. The summed E-state index contributed by atoms with van der Waals surface area (Å²) in [6, 6.07) is 0.